The van der Waals surface area contributed by atoms with E-state index in [1.54, 1.807) is 47.1 Å². The average molecular weight is 351 g/mol. The highest BCUT2D eigenvalue weighted by atomic mass is 19.2. The lowest BCUT2D eigenvalue weighted by Crippen LogP contribution is -2.12. The SMILES string of the molecule is O=C(Nc1ccc(F)c(F)c1)c1ccc(-c2nnc3ncccn23)cc1. The van der Waals surface area contributed by atoms with Gasteiger partial charge in [-0.3, -0.25) is 9.20 Å². The maximum atomic E-state index is 13.2. The Morgan fingerprint density at radius 2 is 1.81 bits per heavy atom. The zero-order chi connectivity index (χ0) is 18.1. The van der Waals surface area contributed by atoms with Crippen LogP contribution in [0.25, 0.3) is 17.2 Å². The van der Waals surface area contributed by atoms with Crippen LogP contribution in [0.5, 0.6) is 0 Å². The number of nitrogens with one attached hydrogen (secondary N) is 1. The van der Waals surface area contributed by atoms with Crippen molar-refractivity contribution in [3.8, 4) is 11.4 Å². The van der Waals surface area contributed by atoms with Gasteiger partial charge in [-0.05, 0) is 30.3 Å². The van der Waals surface area contributed by atoms with E-state index in [1.807, 2.05) is 0 Å². The molecule has 128 valence electrons. The minimum absolute atomic E-state index is 0.174. The third-order valence-corrected chi connectivity index (χ3v) is 3.77. The first-order chi connectivity index (χ1) is 12.6. The number of carbonyl (C=O) groups is 1. The fraction of sp³-hybridized carbons (Fsp3) is 0. The summed E-state index contributed by atoms with van der Waals surface area (Å²) < 4.78 is 27.9. The van der Waals surface area contributed by atoms with E-state index in [1.165, 1.54) is 6.07 Å². The van der Waals surface area contributed by atoms with Crippen molar-refractivity contribution in [2.24, 2.45) is 0 Å². The number of nitrogens with zero attached hydrogens (tertiary/aromatic N) is 4. The van der Waals surface area contributed by atoms with Crippen molar-refractivity contribution in [2.75, 3.05) is 5.32 Å². The Morgan fingerprint density at radius 3 is 2.58 bits per heavy atom. The molecule has 0 saturated heterocycles. The van der Waals surface area contributed by atoms with Crippen molar-refractivity contribution in [3.05, 3.63) is 78.1 Å². The molecule has 1 amide bonds. The van der Waals surface area contributed by atoms with Crippen molar-refractivity contribution in [2.45, 2.75) is 0 Å². The monoisotopic (exact) mass is 351 g/mol. The Kier molecular flexibility index (Phi) is 3.85. The number of halogens is 2. The normalized spacial score (nSPS) is 10.8. The number of rotatable bonds is 3. The summed E-state index contributed by atoms with van der Waals surface area (Å²) in [7, 11) is 0. The van der Waals surface area contributed by atoms with E-state index in [2.05, 4.69) is 20.5 Å². The summed E-state index contributed by atoms with van der Waals surface area (Å²) in [6.07, 6.45) is 3.42. The Balaban J connectivity index is 1.57. The first-order valence-electron chi connectivity index (χ1n) is 7.64. The Labute approximate surface area is 146 Å². The molecule has 0 unspecified atom stereocenters. The van der Waals surface area contributed by atoms with E-state index in [9.17, 15) is 13.6 Å². The predicted octanol–water partition coefficient (Wildman–Crippen LogP) is 3.32. The molecular formula is C18H11F2N5O. The van der Waals surface area contributed by atoms with Crippen LogP contribution >= 0.6 is 0 Å². The lowest BCUT2D eigenvalue weighted by molar-refractivity contribution is 0.102. The molecule has 0 aliphatic heterocycles. The number of hydrogen-bond donors (Lipinski definition) is 1. The maximum Gasteiger partial charge on any atom is 0.255 e. The molecule has 0 atom stereocenters. The molecule has 0 fully saturated rings. The molecule has 2 aromatic carbocycles. The first-order valence-corrected chi connectivity index (χ1v) is 7.64. The quantitative estimate of drug-likeness (QED) is 0.615. The zero-order valence-corrected chi connectivity index (χ0v) is 13.2. The van der Waals surface area contributed by atoms with Crippen LogP contribution in [0.3, 0.4) is 0 Å². The van der Waals surface area contributed by atoms with Crippen molar-refractivity contribution in [1.82, 2.24) is 19.6 Å². The minimum Gasteiger partial charge on any atom is -0.322 e. The van der Waals surface area contributed by atoms with Gasteiger partial charge in [0.2, 0.25) is 0 Å². The highest BCUT2D eigenvalue weighted by molar-refractivity contribution is 6.04. The number of fused-ring (bicyclic) bond motifs is 1. The summed E-state index contributed by atoms with van der Waals surface area (Å²) in [5.74, 6) is -1.36. The minimum atomic E-state index is -1.02. The lowest BCUT2D eigenvalue weighted by Gasteiger charge is -2.06. The van der Waals surface area contributed by atoms with E-state index in [4.69, 9.17) is 0 Å². The first kappa shape index (κ1) is 15.8. The molecular weight excluding hydrogens is 340 g/mol. The van der Waals surface area contributed by atoms with Gasteiger partial charge in [-0.2, -0.15) is 0 Å². The van der Waals surface area contributed by atoms with Crippen LogP contribution in [-0.4, -0.2) is 25.5 Å². The van der Waals surface area contributed by atoms with E-state index in [-0.39, 0.29) is 5.69 Å². The van der Waals surface area contributed by atoms with Gasteiger partial charge in [-0.1, -0.05) is 12.1 Å². The van der Waals surface area contributed by atoms with Crippen LogP contribution in [0.1, 0.15) is 10.4 Å². The van der Waals surface area contributed by atoms with Gasteiger partial charge in [-0.15, -0.1) is 10.2 Å². The summed E-state index contributed by atoms with van der Waals surface area (Å²) >= 11 is 0. The molecule has 26 heavy (non-hydrogen) atoms. The van der Waals surface area contributed by atoms with Gasteiger partial charge in [0.25, 0.3) is 11.7 Å². The summed E-state index contributed by atoms with van der Waals surface area (Å²) in [4.78, 5) is 16.4. The second-order valence-electron chi connectivity index (χ2n) is 5.47. The third kappa shape index (κ3) is 2.88. The fourth-order valence-electron chi connectivity index (χ4n) is 2.49. The van der Waals surface area contributed by atoms with Gasteiger partial charge in [0.1, 0.15) is 0 Å². The van der Waals surface area contributed by atoms with Crippen molar-refractivity contribution in [3.63, 3.8) is 0 Å². The molecule has 2 heterocycles. The van der Waals surface area contributed by atoms with Crippen LogP contribution < -0.4 is 5.32 Å². The second kappa shape index (κ2) is 6.32. The largest absolute Gasteiger partial charge is 0.322 e. The van der Waals surface area contributed by atoms with Crippen LogP contribution in [0.2, 0.25) is 0 Å². The molecule has 4 aromatic rings. The molecule has 0 aliphatic carbocycles. The Bertz CT molecular complexity index is 1110. The molecule has 0 saturated carbocycles. The number of benzene rings is 2. The summed E-state index contributed by atoms with van der Waals surface area (Å²) in [6.45, 7) is 0. The van der Waals surface area contributed by atoms with Gasteiger partial charge in [0, 0.05) is 35.3 Å². The smallest absolute Gasteiger partial charge is 0.255 e. The molecule has 0 spiro atoms. The van der Waals surface area contributed by atoms with Gasteiger partial charge in [-0.25, -0.2) is 13.8 Å². The predicted molar refractivity (Wildman–Crippen MR) is 90.5 cm³/mol. The van der Waals surface area contributed by atoms with Gasteiger partial charge < -0.3 is 5.32 Å². The van der Waals surface area contributed by atoms with Crippen LogP contribution in [-0.2, 0) is 0 Å². The fourth-order valence-corrected chi connectivity index (χ4v) is 2.49. The Hall–Kier alpha value is -3.68. The van der Waals surface area contributed by atoms with Crippen molar-refractivity contribution < 1.29 is 13.6 Å². The van der Waals surface area contributed by atoms with Crippen LogP contribution in [0.4, 0.5) is 14.5 Å². The Morgan fingerprint density at radius 1 is 1.00 bits per heavy atom. The van der Waals surface area contributed by atoms with Crippen LogP contribution in [0.15, 0.2) is 60.9 Å². The van der Waals surface area contributed by atoms with Gasteiger partial charge in [0.15, 0.2) is 17.5 Å². The highest BCUT2D eigenvalue weighted by Crippen LogP contribution is 2.19. The van der Waals surface area contributed by atoms with E-state index >= 15 is 0 Å². The third-order valence-electron chi connectivity index (χ3n) is 3.77. The van der Waals surface area contributed by atoms with Gasteiger partial charge >= 0.3 is 0 Å². The zero-order valence-electron chi connectivity index (χ0n) is 13.2. The molecule has 0 aliphatic rings. The van der Waals surface area contributed by atoms with Crippen molar-refractivity contribution >= 4 is 17.4 Å². The molecule has 2 aromatic heterocycles. The van der Waals surface area contributed by atoms with Crippen molar-refractivity contribution in [1.29, 1.82) is 0 Å². The molecule has 6 nitrogen and oxygen atoms in total. The van der Waals surface area contributed by atoms with E-state index in [0.29, 0.717) is 17.2 Å². The average Bonchev–Trinajstić information content (AvgIpc) is 3.09. The van der Waals surface area contributed by atoms with E-state index < -0.39 is 17.5 Å². The van der Waals surface area contributed by atoms with Gasteiger partial charge in [0.05, 0.1) is 0 Å². The summed E-state index contributed by atoms with van der Waals surface area (Å²) in [5, 5.41) is 10.6. The standard InChI is InChI=1S/C18H11F2N5O/c19-14-7-6-13(10-15(14)20)22-17(26)12-4-2-11(3-5-12)16-23-24-18-21-8-1-9-25(16)18/h1-10H,(H,22,26). The number of carbonyl (C=O) groups excluding carboxylic acids is 1. The molecule has 4 rings (SSSR count). The molecule has 0 bridgehead atoms. The maximum absolute atomic E-state index is 13.2. The highest BCUT2D eigenvalue weighted by Gasteiger charge is 2.11. The summed E-state index contributed by atoms with van der Waals surface area (Å²) in [5.41, 5.74) is 1.30. The van der Waals surface area contributed by atoms with Crippen LogP contribution in [0, 0.1) is 11.6 Å². The molecule has 0 radical (unpaired) electrons. The topological polar surface area (TPSA) is 72.2 Å². The van der Waals surface area contributed by atoms with E-state index in [0.717, 1.165) is 17.7 Å². The number of anilines is 1. The molecule has 8 heteroatoms. The molecule has 1 N–H and O–H groups in total. The lowest BCUT2D eigenvalue weighted by atomic mass is 10.1. The number of aromatic nitrogens is 4. The second-order valence-corrected chi connectivity index (χ2v) is 5.47. The number of amides is 1. The summed E-state index contributed by atoms with van der Waals surface area (Å²) in [6, 6.07) is 11.6. The number of hydrogen-bond acceptors (Lipinski definition) is 4.